The lowest BCUT2D eigenvalue weighted by atomic mass is 10.1. The van der Waals surface area contributed by atoms with Crippen LogP contribution >= 0.6 is 11.6 Å². The van der Waals surface area contributed by atoms with Gasteiger partial charge in [-0.3, -0.25) is 4.79 Å². The molecule has 0 unspecified atom stereocenters. The molecule has 1 aliphatic heterocycles. The molecule has 27 heavy (non-hydrogen) atoms. The first-order valence-corrected chi connectivity index (χ1v) is 9.60. The number of primary amides is 1. The zero-order valence-electron chi connectivity index (χ0n) is 15.6. The molecule has 1 atom stereocenters. The van der Waals surface area contributed by atoms with Gasteiger partial charge in [0.1, 0.15) is 5.75 Å². The third-order valence-corrected chi connectivity index (χ3v) is 4.41. The molecule has 1 aromatic rings. The van der Waals surface area contributed by atoms with E-state index in [1.54, 1.807) is 12.1 Å². The van der Waals surface area contributed by atoms with E-state index in [0.29, 0.717) is 18.1 Å². The molecule has 0 saturated carbocycles. The summed E-state index contributed by atoms with van der Waals surface area (Å²) in [6.45, 7) is 5.11. The fourth-order valence-electron chi connectivity index (χ4n) is 2.55. The first-order valence-electron chi connectivity index (χ1n) is 9.22. The summed E-state index contributed by atoms with van der Waals surface area (Å²) in [6.07, 6.45) is 6.40. The monoisotopic (exact) mass is 396 g/mol. The molecule has 4 N–H and O–H groups in total. The molecule has 0 bridgehead atoms. The van der Waals surface area contributed by atoms with Gasteiger partial charge in [0.05, 0.1) is 12.6 Å². The summed E-state index contributed by atoms with van der Waals surface area (Å²) in [6, 6.07) is 7.25. The van der Waals surface area contributed by atoms with Crippen LogP contribution in [0.15, 0.2) is 36.4 Å². The molecule has 0 radical (unpaired) electrons. The lowest BCUT2D eigenvalue weighted by Gasteiger charge is -2.06. The SMILES string of the molecule is C=C(CCCCCCOc1ccc(Cl)cc1)C(=O)O.NC(=O)[C@@H]1CCCN1. The number of carboxylic acids is 1. The van der Waals surface area contributed by atoms with Crippen LogP contribution in [0.25, 0.3) is 0 Å². The Balaban J connectivity index is 0.000000377. The molecule has 150 valence electrons. The predicted molar refractivity (Wildman–Crippen MR) is 107 cm³/mol. The van der Waals surface area contributed by atoms with E-state index in [1.165, 1.54) is 0 Å². The number of ether oxygens (including phenoxy) is 1. The standard InChI is InChI=1S/C15H19ClO3.C5H10N2O/c1-12(15(17)18)6-4-2-3-5-11-19-14-9-7-13(16)8-10-14;6-5(8)4-2-1-3-7-4/h7-10H,1-6,11H2,(H,17,18);4,7H,1-3H2,(H2,6,8)/t;4-/m.0/s1. The van der Waals surface area contributed by atoms with E-state index in [2.05, 4.69) is 11.9 Å². The molecule has 0 aromatic heterocycles. The quantitative estimate of drug-likeness (QED) is 0.414. The summed E-state index contributed by atoms with van der Waals surface area (Å²) in [7, 11) is 0. The predicted octanol–water partition coefficient (Wildman–Crippen LogP) is 3.53. The van der Waals surface area contributed by atoms with E-state index in [1.807, 2.05) is 12.1 Å². The van der Waals surface area contributed by atoms with Gasteiger partial charge >= 0.3 is 5.97 Å². The molecule has 2 rings (SSSR count). The maximum Gasteiger partial charge on any atom is 0.330 e. The van der Waals surface area contributed by atoms with Gasteiger partial charge in [0.25, 0.3) is 0 Å². The molecular formula is C20H29ClN2O4. The van der Waals surface area contributed by atoms with E-state index < -0.39 is 5.97 Å². The van der Waals surface area contributed by atoms with Crippen LogP contribution in [0.5, 0.6) is 5.75 Å². The number of carbonyl (C=O) groups excluding carboxylic acids is 1. The van der Waals surface area contributed by atoms with Crippen LogP contribution < -0.4 is 15.8 Å². The molecule has 1 saturated heterocycles. The van der Waals surface area contributed by atoms with Gasteiger partial charge in [-0.2, -0.15) is 0 Å². The molecule has 7 heteroatoms. The van der Waals surface area contributed by atoms with E-state index in [0.717, 1.165) is 50.8 Å². The Morgan fingerprint density at radius 1 is 1.22 bits per heavy atom. The second-order valence-electron chi connectivity index (χ2n) is 6.43. The van der Waals surface area contributed by atoms with Gasteiger partial charge in [-0.1, -0.05) is 31.0 Å². The van der Waals surface area contributed by atoms with Crippen LogP contribution in [-0.2, 0) is 9.59 Å². The summed E-state index contributed by atoms with van der Waals surface area (Å²) in [5, 5.41) is 12.3. The van der Waals surface area contributed by atoms with Crippen LogP contribution in [0.1, 0.15) is 44.9 Å². The van der Waals surface area contributed by atoms with Gasteiger partial charge in [-0.05, 0) is 62.9 Å². The van der Waals surface area contributed by atoms with Crippen LogP contribution in [0.4, 0.5) is 0 Å². The number of amides is 1. The minimum absolute atomic E-state index is 0.0463. The van der Waals surface area contributed by atoms with Crippen LogP contribution in [-0.4, -0.2) is 36.2 Å². The van der Waals surface area contributed by atoms with E-state index in [4.69, 9.17) is 27.2 Å². The maximum atomic E-state index is 10.5. The lowest BCUT2D eigenvalue weighted by Crippen LogP contribution is -2.36. The number of hydrogen-bond donors (Lipinski definition) is 3. The Morgan fingerprint density at radius 3 is 2.41 bits per heavy atom. The van der Waals surface area contributed by atoms with Gasteiger partial charge in [0, 0.05) is 10.6 Å². The van der Waals surface area contributed by atoms with Crippen LogP contribution in [0, 0.1) is 0 Å². The average Bonchev–Trinajstić information content (AvgIpc) is 3.18. The highest BCUT2D eigenvalue weighted by Gasteiger charge is 2.18. The van der Waals surface area contributed by atoms with Crippen molar-refractivity contribution < 1.29 is 19.4 Å². The van der Waals surface area contributed by atoms with E-state index >= 15 is 0 Å². The smallest absolute Gasteiger partial charge is 0.330 e. The number of unbranched alkanes of at least 4 members (excludes halogenated alkanes) is 3. The Morgan fingerprint density at radius 2 is 1.89 bits per heavy atom. The first-order chi connectivity index (χ1) is 12.9. The largest absolute Gasteiger partial charge is 0.494 e. The molecule has 0 aliphatic carbocycles. The minimum atomic E-state index is -0.897. The Hall–Kier alpha value is -2.05. The maximum absolute atomic E-state index is 10.5. The Bertz CT molecular complexity index is 599. The van der Waals surface area contributed by atoms with E-state index in [9.17, 15) is 9.59 Å². The Kier molecular flexibility index (Phi) is 11.2. The summed E-state index contributed by atoms with van der Waals surface area (Å²) in [4.78, 5) is 20.9. The van der Waals surface area contributed by atoms with Crippen LogP contribution in [0.2, 0.25) is 5.02 Å². The van der Waals surface area contributed by atoms with Crippen molar-refractivity contribution in [2.45, 2.75) is 51.0 Å². The molecule has 0 spiro atoms. The van der Waals surface area contributed by atoms with Gasteiger partial charge in [-0.15, -0.1) is 0 Å². The third-order valence-electron chi connectivity index (χ3n) is 4.16. The highest BCUT2D eigenvalue weighted by atomic mass is 35.5. The van der Waals surface area contributed by atoms with Crippen molar-refractivity contribution in [1.29, 1.82) is 0 Å². The number of benzene rings is 1. The number of carboxylic acid groups (broad SMARTS) is 1. The molecule has 1 aromatic carbocycles. The number of halogens is 1. The third kappa shape index (κ3) is 10.6. The van der Waals surface area contributed by atoms with Gasteiger partial charge in [0.2, 0.25) is 5.91 Å². The highest BCUT2D eigenvalue weighted by molar-refractivity contribution is 6.30. The van der Waals surface area contributed by atoms with Crippen molar-refractivity contribution in [3.63, 3.8) is 0 Å². The van der Waals surface area contributed by atoms with Gasteiger partial charge in [-0.25, -0.2) is 4.79 Å². The van der Waals surface area contributed by atoms with Crippen molar-refractivity contribution in [3.05, 3.63) is 41.4 Å². The van der Waals surface area contributed by atoms with Gasteiger partial charge in [0.15, 0.2) is 0 Å². The zero-order chi connectivity index (χ0) is 20.1. The molecule has 6 nitrogen and oxygen atoms in total. The average molecular weight is 397 g/mol. The summed E-state index contributed by atoms with van der Waals surface area (Å²) >= 11 is 5.77. The second-order valence-corrected chi connectivity index (χ2v) is 6.86. The summed E-state index contributed by atoms with van der Waals surface area (Å²) in [5.41, 5.74) is 5.29. The number of aliphatic carboxylic acids is 1. The van der Waals surface area contributed by atoms with Crippen molar-refractivity contribution in [3.8, 4) is 5.75 Å². The summed E-state index contributed by atoms with van der Waals surface area (Å²) < 4.78 is 5.56. The molecular weight excluding hydrogens is 368 g/mol. The highest BCUT2D eigenvalue weighted by Crippen LogP contribution is 2.16. The zero-order valence-corrected chi connectivity index (χ0v) is 16.3. The van der Waals surface area contributed by atoms with Crippen molar-refractivity contribution in [1.82, 2.24) is 5.32 Å². The number of nitrogens with one attached hydrogen (secondary N) is 1. The van der Waals surface area contributed by atoms with Gasteiger partial charge < -0.3 is 20.9 Å². The van der Waals surface area contributed by atoms with Crippen molar-refractivity contribution in [2.24, 2.45) is 5.73 Å². The normalized spacial score (nSPS) is 15.5. The summed E-state index contributed by atoms with van der Waals surface area (Å²) in [5.74, 6) is -0.294. The molecule has 1 fully saturated rings. The van der Waals surface area contributed by atoms with Crippen molar-refractivity contribution >= 4 is 23.5 Å². The van der Waals surface area contributed by atoms with Crippen molar-refractivity contribution in [2.75, 3.05) is 13.2 Å². The number of carbonyl (C=O) groups is 2. The molecule has 1 aliphatic rings. The van der Waals surface area contributed by atoms with Crippen LogP contribution in [0.3, 0.4) is 0 Å². The van der Waals surface area contributed by atoms with E-state index in [-0.39, 0.29) is 17.5 Å². The molecule has 1 amide bonds. The first kappa shape index (κ1) is 23.0. The number of nitrogens with two attached hydrogens (primary N) is 1. The second kappa shape index (κ2) is 13.2. The topological polar surface area (TPSA) is 102 Å². The fourth-order valence-corrected chi connectivity index (χ4v) is 2.68. The number of rotatable bonds is 10. The fraction of sp³-hybridized carbons (Fsp3) is 0.500. The number of hydrogen-bond acceptors (Lipinski definition) is 4. The lowest BCUT2D eigenvalue weighted by molar-refractivity contribution is -0.132. The minimum Gasteiger partial charge on any atom is -0.494 e. The Labute approximate surface area is 165 Å². The molecule has 1 heterocycles.